The van der Waals surface area contributed by atoms with Gasteiger partial charge in [-0.2, -0.15) is 0 Å². The maximum atomic E-state index is 10.4. The molecule has 1 aliphatic rings. The summed E-state index contributed by atoms with van der Waals surface area (Å²) in [4.78, 5) is 12.4. The van der Waals surface area contributed by atoms with Crippen LogP contribution in [0.15, 0.2) is 18.2 Å². The van der Waals surface area contributed by atoms with Crippen molar-refractivity contribution >= 4 is 12.0 Å². The standard InChI is InChI=1S/C12H15NO/c1-13(7-8-14)12-6-5-10-3-2-4-11(10)9-12/h5-6,8-9H,2-4,7H2,1H3. The quantitative estimate of drug-likeness (QED) is 0.676. The molecule has 0 bridgehead atoms. The van der Waals surface area contributed by atoms with Gasteiger partial charge in [-0.25, -0.2) is 0 Å². The summed E-state index contributed by atoms with van der Waals surface area (Å²) in [6, 6.07) is 6.51. The molecule has 0 saturated heterocycles. The van der Waals surface area contributed by atoms with Gasteiger partial charge in [-0.05, 0) is 42.5 Å². The first-order valence-electron chi connectivity index (χ1n) is 5.08. The van der Waals surface area contributed by atoms with Gasteiger partial charge in [-0.3, -0.25) is 0 Å². The predicted molar refractivity (Wildman–Crippen MR) is 57.8 cm³/mol. The predicted octanol–water partition coefficient (Wildman–Crippen LogP) is 1.81. The third-order valence-corrected chi connectivity index (χ3v) is 2.87. The molecule has 0 aromatic heterocycles. The molecule has 1 aromatic carbocycles. The lowest BCUT2D eigenvalue weighted by molar-refractivity contribution is -0.106. The second kappa shape index (κ2) is 3.82. The van der Waals surface area contributed by atoms with Crippen LogP contribution < -0.4 is 4.90 Å². The zero-order valence-corrected chi connectivity index (χ0v) is 8.49. The third kappa shape index (κ3) is 1.65. The summed E-state index contributed by atoms with van der Waals surface area (Å²) in [5.41, 5.74) is 4.09. The summed E-state index contributed by atoms with van der Waals surface area (Å²) in [6.45, 7) is 0.471. The average Bonchev–Trinajstić information content (AvgIpc) is 2.64. The highest BCUT2D eigenvalue weighted by Gasteiger charge is 2.11. The Bertz CT molecular complexity index is 346. The number of aryl methyl sites for hydroxylation is 2. The Morgan fingerprint density at radius 1 is 1.36 bits per heavy atom. The minimum absolute atomic E-state index is 0.471. The van der Waals surface area contributed by atoms with Crippen LogP contribution in [0.5, 0.6) is 0 Å². The first kappa shape index (κ1) is 9.25. The summed E-state index contributed by atoms with van der Waals surface area (Å²) in [6.07, 6.45) is 4.62. The Kier molecular flexibility index (Phi) is 2.53. The van der Waals surface area contributed by atoms with E-state index in [1.165, 1.54) is 30.4 Å². The smallest absolute Gasteiger partial charge is 0.139 e. The van der Waals surface area contributed by atoms with Gasteiger partial charge in [0.2, 0.25) is 0 Å². The zero-order valence-electron chi connectivity index (χ0n) is 8.49. The number of aldehydes is 1. The van der Waals surface area contributed by atoms with E-state index in [9.17, 15) is 4.79 Å². The molecule has 0 spiro atoms. The van der Waals surface area contributed by atoms with Gasteiger partial charge in [-0.1, -0.05) is 6.07 Å². The Balaban J connectivity index is 2.23. The number of carbonyl (C=O) groups is 1. The van der Waals surface area contributed by atoms with Gasteiger partial charge in [0.1, 0.15) is 6.29 Å². The van der Waals surface area contributed by atoms with Gasteiger partial charge in [0.25, 0.3) is 0 Å². The van der Waals surface area contributed by atoms with Gasteiger partial charge in [0.05, 0.1) is 6.54 Å². The normalized spacial score (nSPS) is 13.8. The summed E-state index contributed by atoms with van der Waals surface area (Å²) in [5, 5.41) is 0. The maximum Gasteiger partial charge on any atom is 0.139 e. The van der Waals surface area contributed by atoms with Crippen LogP contribution >= 0.6 is 0 Å². The Morgan fingerprint density at radius 2 is 2.14 bits per heavy atom. The van der Waals surface area contributed by atoms with Gasteiger partial charge < -0.3 is 9.69 Å². The van der Waals surface area contributed by atoms with Gasteiger partial charge in [0, 0.05) is 12.7 Å². The number of benzene rings is 1. The fraction of sp³-hybridized carbons (Fsp3) is 0.417. The number of carbonyl (C=O) groups excluding carboxylic acids is 1. The monoisotopic (exact) mass is 189 g/mol. The van der Waals surface area contributed by atoms with Crippen LogP contribution in [-0.4, -0.2) is 19.9 Å². The molecule has 0 unspecified atom stereocenters. The minimum Gasteiger partial charge on any atom is -0.368 e. The van der Waals surface area contributed by atoms with Crippen LogP contribution in [-0.2, 0) is 17.6 Å². The highest BCUT2D eigenvalue weighted by Crippen LogP contribution is 2.26. The van der Waals surface area contributed by atoms with E-state index in [4.69, 9.17) is 0 Å². The number of anilines is 1. The highest BCUT2D eigenvalue weighted by atomic mass is 16.1. The third-order valence-electron chi connectivity index (χ3n) is 2.87. The molecule has 1 aliphatic carbocycles. The van der Waals surface area contributed by atoms with Crippen molar-refractivity contribution in [2.45, 2.75) is 19.3 Å². The average molecular weight is 189 g/mol. The van der Waals surface area contributed by atoms with Crippen molar-refractivity contribution in [2.75, 3.05) is 18.5 Å². The van der Waals surface area contributed by atoms with Crippen molar-refractivity contribution in [1.29, 1.82) is 0 Å². The number of fused-ring (bicyclic) bond motifs is 1. The molecule has 2 rings (SSSR count). The first-order chi connectivity index (χ1) is 6.81. The molecule has 1 aromatic rings. The Hall–Kier alpha value is -1.31. The van der Waals surface area contributed by atoms with Crippen molar-refractivity contribution in [1.82, 2.24) is 0 Å². The Morgan fingerprint density at radius 3 is 2.93 bits per heavy atom. The van der Waals surface area contributed by atoms with Crippen molar-refractivity contribution < 1.29 is 4.79 Å². The molecule has 0 N–H and O–H groups in total. The lowest BCUT2D eigenvalue weighted by atomic mass is 10.1. The number of likely N-dealkylation sites (N-methyl/N-ethyl adjacent to an activating group) is 1. The van der Waals surface area contributed by atoms with E-state index in [2.05, 4.69) is 18.2 Å². The van der Waals surface area contributed by atoms with Crippen LogP contribution in [0.2, 0.25) is 0 Å². The van der Waals surface area contributed by atoms with Crippen LogP contribution in [0.25, 0.3) is 0 Å². The van der Waals surface area contributed by atoms with Gasteiger partial charge >= 0.3 is 0 Å². The van der Waals surface area contributed by atoms with E-state index >= 15 is 0 Å². The molecule has 0 atom stereocenters. The molecule has 0 radical (unpaired) electrons. The molecule has 2 nitrogen and oxygen atoms in total. The Labute approximate surface area is 84.5 Å². The van der Waals surface area contributed by atoms with E-state index in [-0.39, 0.29) is 0 Å². The van der Waals surface area contributed by atoms with Crippen molar-refractivity contribution in [3.63, 3.8) is 0 Å². The number of hydrogen-bond acceptors (Lipinski definition) is 2. The fourth-order valence-corrected chi connectivity index (χ4v) is 2.01. The molecule has 0 fully saturated rings. The second-order valence-electron chi connectivity index (χ2n) is 3.85. The fourth-order valence-electron chi connectivity index (χ4n) is 2.01. The molecular weight excluding hydrogens is 174 g/mol. The van der Waals surface area contributed by atoms with Crippen molar-refractivity contribution in [3.05, 3.63) is 29.3 Å². The summed E-state index contributed by atoms with van der Waals surface area (Å²) in [7, 11) is 1.95. The lowest BCUT2D eigenvalue weighted by Crippen LogP contribution is -2.19. The first-order valence-corrected chi connectivity index (χ1v) is 5.08. The zero-order chi connectivity index (χ0) is 9.97. The number of hydrogen-bond donors (Lipinski definition) is 0. The van der Waals surface area contributed by atoms with E-state index in [0.29, 0.717) is 6.54 Å². The molecule has 0 amide bonds. The summed E-state index contributed by atoms with van der Waals surface area (Å²) < 4.78 is 0. The van der Waals surface area contributed by atoms with Crippen LogP contribution in [0.4, 0.5) is 5.69 Å². The lowest BCUT2D eigenvalue weighted by Gasteiger charge is -2.16. The van der Waals surface area contributed by atoms with Crippen LogP contribution in [0, 0.1) is 0 Å². The van der Waals surface area contributed by atoms with Crippen molar-refractivity contribution in [3.8, 4) is 0 Å². The van der Waals surface area contributed by atoms with E-state index in [1.54, 1.807) is 0 Å². The molecule has 14 heavy (non-hydrogen) atoms. The molecule has 0 saturated carbocycles. The van der Waals surface area contributed by atoms with Crippen molar-refractivity contribution in [2.24, 2.45) is 0 Å². The van der Waals surface area contributed by atoms with Gasteiger partial charge in [-0.15, -0.1) is 0 Å². The molecule has 0 aliphatic heterocycles. The molecule has 0 heterocycles. The summed E-state index contributed by atoms with van der Waals surface area (Å²) in [5.74, 6) is 0. The van der Waals surface area contributed by atoms with E-state index < -0.39 is 0 Å². The van der Waals surface area contributed by atoms with E-state index in [0.717, 1.165) is 12.0 Å². The topological polar surface area (TPSA) is 20.3 Å². The van der Waals surface area contributed by atoms with Crippen LogP contribution in [0.1, 0.15) is 17.5 Å². The van der Waals surface area contributed by atoms with Crippen LogP contribution in [0.3, 0.4) is 0 Å². The second-order valence-corrected chi connectivity index (χ2v) is 3.85. The molecule has 2 heteroatoms. The maximum absolute atomic E-state index is 10.4. The molecule has 74 valence electrons. The van der Waals surface area contributed by atoms with Gasteiger partial charge in [0.15, 0.2) is 0 Å². The largest absolute Gasteiger partial charge is 0.368 e. The highest BCUT2D eigenvalue weighted by molar-refractivity contribution is 5.62. The summed E-state index contributed by atoms with van der Waals surface area (Å²) >= 11 is 0. The SMILES string of the molecule is CN(CC=O)c1ccc2c(c1)CCC2. The van der Waals surface area contributed by atoms with E-state index in [1.807, 2.05) is 11.9 Å². The number of rotatable bonds is 3. The number of nitrogens with zero attached hydrogens (tertiary/aromatic N) is 1. The molecular formula is C12H15NO. The minimum atomic E-state index is 0.471.